The van der Waals surface area contributed by atoms with Crippen molar-refractivity contribution in [3.63, 3.8) is 0 Å². The average Bonchev–Trinajstić information content (AvgIpc) is 2.66. The Balaban J connectivity index is 2.77. The Morgan fingerprint density at radius 2 is 1.77 bits per heavy atom. The molecule has 1 aromatic carbocycles. The SMILES string of the molecule is CCOC(=O)[C@H](CSC[C@H](Cc1ccccc1)NC(=O)OC(C)(C)C)N[C@@H](C)C(=O)O. The number of aliphatic carboxylic acids is 1. The van der Waals surface area contributed by atoms with Crippen LogP contribution in [0.4, 0.5) is 4.79 Å². The topological polar surface area (TPSA) is 114 Å². The largest absolute Gasteiger partial charge is 0.480 e. The summed E-state index contributed by atoms with van der Waals surface area (Å²) in [5.41, 5.74) is 0.448. The molecule has 1 rings (SSSR count). The van der Waals surface area contributed by atoms with Crippen molar-refractivity contribution >= 4 is 29.8 Å². The van der Waals surface area contributed by atoms with Crippen LogP contribution in [0.5, 0.6) is 0 Å². The molecular formula is C22H34N2O6S. The summed E-state index contributed by atoms with van der Waals surface area (Å²) in [7, 11) is 0. The molecule has 174 valence electrons. The highest BCUT2D eigenvalue weighted by Gasteiger charge is 2.26. The van der Waals surface area contributed by atoms with Gasteiger partial charge >= 0.3 is 18.0 Å². The molecule has 3 atom stereocenters. The van der Waals surface area contributed by atoms with Gasteiger partial charge in [0.25, 0.3) is 0 Å². The molecular weight excluding hydrogens is 420 g/mol. The van der Waals surface area contributed by atoms with Gasteiger partial charge in [0, 0.05) is 17.5 Å². The quantitative estimate of drug-likeness (QED) is 0.413. The molecule has 0 saturated heterocycles. The van der Waals surface area contributed by atoms with Crippen molar-refractivity contribution in [2.24, 2.45) is 0 Å². The molecule has 3 N–H and O–H groups in total. The number of carboxylic acids is 1. The molecule has 0 aliphatic rings. The molecule has 0 radical (unpaired) electrons. The zero-order valence-corrected chi connectivity index (χ0v) is 19.7. The first-order valence-corrected chi connectivity index (χ1v) is 11.4. The van der Waals surface area contributed by atoms with E-state index in [0.717, 1.165) is 5.56 Å². The summed E-state index contributed by atoms with van der Waals surface area (Å²) < 4.78 is 10.4. The highest BCUT2D eigenvalue weighted by Crippen LogP contribution is 2.13. The lowest BCUT2D eigenvalue weighted by Crippen LogP contribution is -2.48. The average molecular weight is 455 g/mol. The van der Waals surface area contributed by atoms with E-state index >= 15 is 0 Å². The second-order valence-electron chi connectivity index (χ2n) is 8.10. The summed E-state index contributed by atoms with van der Waals surface area (Å²) in [5, 5.41) is 14.8. The van der Waals surface area contributed by atoms with Crippen LogP contribution in [-0.2, 0) is 25.5 Å². The molecule has 0 aliphatic carbocycles. The Kier molecular flexibility index (Phi) is 11.4. The number of carbonyl (C=O) groups excluding carboxylic acids is 2. The molecule has 0 spiro atoms. The third kappa shape index (κ3) is 11.6. The summed E-state index contributed by atoms with van der Waals surface area (Å²) in [5.74, 6) is -0.735. The Labute approximate surface area is 188 Å². The maximum atomic E-state index is 12.3. The zero-order chi connectivity index (χ0) is 23.4. The minimum absolute atomic E-state index is 0.208. The van der Waals surface area contributed by atoms with Crippen molar-refractivity contribution in [2.75, 3.05) is 18.1 Å². The van der Waals surface area contributed by atoms with Crippen LogP contribution in [-0.4, -0.2) is 65.0 Å². The van der Waals surface area contributed by atoms with Crippen molar-refractivity contribution in [3.05, 3.63) is 35.9 Å². The third-order valence-corrected chi connectivity index (χ3v) is 5.25. The number of thioether (sulfide) groups is 1. The van der Waals surface area contributed by atoms with Gasteiger partial charge in [0.1, 0.15) is 17.7 Å². The normalized spacial score (nSPS) is 14.2. The molecule has 0 aliphatic heterocycles. The second-order valence-corrected chi connectivity index (χ2v) is 9.18. The highest BCUT2D eigenvalue weighted by molar-refractivity contribution is 7.99. The van der Waals surface area contributed by atoms with Gasteiger partial charge < -0.3 is 19.9 Å². The van der Waals surface area contributed by atoms with Gasteiger partial charge in [-0.05, 0) is 46.6 Å². The lowest BCUT2D eigenvalue weighted by molar-refractivity contribution is -0.146. The van der Waals surface area contributed by atoms with Crippen LogP contribution < -0.4 is 10.6 Å². The van der Waals surface area contributed by atoms with Crippen LogP contribution >= 0.6 is 11.8 Å². The van der Waals surface area contributed by atoms with Crippen molar-refractivity contribution in [1.29, 1.82) is 0 Å². The molecule has 0 fully saturated rings. The third-order valence-electron chi connectivity index (χ3n) is 4.04. The fourth-order valence-electron chi connectivity index (χ4n) is 2.65. The Morgan fingerprint density at radius 1 is 1.13 bits per heavy atom. The first-order chi connectivity index (χ1) is 14.5. The smallest absolute Gasteiger partial charge is 0.407 e. The van der Waals surface area contributed by atoms with E-state index in [1.165, 1.54) is 18.7 Å². The number of carbonyl (C=O) groups is 3. The van der Waals surface area contributed by atoms with Gasteiger partial charge in [-0.25, -0.2) is 4.79 Å². The van der Waals surface area contributed by atoms with E-state index in [-0.39, 0.29) is 12.6 Å². The van der Waals surface area contributed by atoms with E-state index < -0.39 is 35.7 Å². The van der Waals surface area contributed by atoms with Gasteiger partial charge in [-0.15, -0.1) is 0 Å². The number of ether oxygens (including phenoxy) is 2. The summed E-state index contributed by atoms with van der Waals surface area (Å²) in [6, 6.07) is 7.85. The predicted molar refractivity (Wildman–Crippen MR) is 121 cm³/mol. The van der Waals surface area contributed by atoms with Crippen molar-refractivity contribution in [3.8, 4) is 0 Å². The van der Waals surface area contributed by atoms with Crippen molar-refractivity contribution < 1.29 is 29.0 Å². The summed E-state index contributed by atoms with van der Waals surface area (Å²) in [6.07, 6.45) is 0.0874. The monoisotopic (exact) mass is 454 g/mol. The maximum absolute atomic E-state index is 12.3. The van der Waals surface area contributed by atoms with E-state index in [1.807, 2.05) is 30.3 Å². The van der Waals surface area contributed by atoms with Crippen molar-refractivity contribution in [2.45, 2.75) is 64.8 Å². The molecule has 9 heteroatoms. The molecule has 1 amide bonds. The minimum Gasteiger partial charge on any atom is -0.480 e. The summed E-state index contributed by atoms with van der Waals surface area (Å²) >= 11 is 1.43. The zero-order valence-electron chi connectivity index (χ0n) is 18.8. The lowest BCUT2D eigenvalue weighted by Gasteiger charge is -2.24. The molecule has 0 unspecified atom stereocenters. The van der Waals surface area contributed by atoms with Crippen LogP contribution in [0.3, 0.4) is 0 Å². The van der Waals surface area contributed by atoms with Gasteiger partial charge in [-0.3, -0.25) is 14.9 Å². The Hall–Kier alpha value is -2.26. The van der Waals surface area contributed by atoms with Gasteiger partial charge in [-0.2, -0.15) is 11.8 Å². The number of carboxylic acid groups (broad SMARTS) is 1. The maximum Gasteiger partial charge on any atom is 0.407 e. The number of alkyl carbamates (subject to hydrolysis) is 1. The Morgan fingerprint density at radius 3 is 2.32 bits per heavy atom. The standard InChI is InChI=1S/C22H34N2O6S/c1-6-29-20(27)18(23-15(2)19(25)26)14-31-13-17(12-16-10-8-7-9-11-16)24-21(28)30-22(3,4)5/h7-11,15,17-18,23H,6,12-14H2,1-5H3,(H,24,28)(H,25,26)/t15-,17-,18-/m0/s1. The first kappa shape index (κ1) is 26.8. The molecule has 0 aromatic heterocycles. The minimum atomic E-state index is -1.05. The lowest BCUT2D eigenvalue weighted by atomic mass is 10.1. The van der Waals surface area contributed by atoms with Crippen molar-refractivity contribution in [1.82, 2.24) is 10.6 Å². The predicted octanol–water partition coefficient (Wildman–Crippen LogP) is 2.85. The summed E-state index contributed by atoms with van der Waals surface area (Å²) in [6.45, 7) is 8.77. The van der Waals surface area contributed by atoms with E-state index in [1.54, 1.807) is 27.7 Å². The number of rotatable bonds is 12. The van der Waals surface area contributed by atoms with E-state index in [2.05, 4.69) is 10.6 Å². The highest BCUT2D eigenvalue weighted by atomic mass is 32.2. The van der Waals surface area contributed by atoms with Crippen LogP contribution in [0.2, 0.25) is 0 Å². The van der Waals surface area contributed by atoms with E-state index in [0.29, 0.717) is 17.9 Å². The van der Waals surface area contributed by atoms with E-state index in [9.17, 15) is 14.4 Å². The fraction of sp³-hybridized carbons (Fsp3) is 0.591. The van der Waals surface area contributed by atoms with Gasteiger partial charge in [0.2, 0.25) is 0 Å². The number of hydrogen-bond donors (Lipinski definition) is 3. The second kappa shape index (κ2) is 13.2. The molecule has 1 aromatic rings. The molecule has 0 bridgehead atoms. The molecule has 8 nitrogen and oxygen atoms in total. The number of benzene rings is 1. The first-order valence-electron chi connectivity index (χ1n) is 10.3. The summed E-state index contributed by atoms with van der Waals surface area (Å²) in [4.78, 5) is 35.7. The van der Waals surface area contributed by atoms with Gasteiger partial charge in [0.15, 0.2) is 0 Å². The van der Waals surface area contributed by atoms with Gasteiger partial charge in [0.05, 0.1) is 6.61 Å². The molecule has 0 saturated carbocycles. The Bertz CT molecular complexity index is 708. The number of hydrogen-bond acceptors (Lipinski definition) is 7. The van der Waals surface area contributed by atoms with Gasteiger partial charge in [-0.1, -0.05) is 30.3 Å². The van der Waals surface area contributed by atoms with Crippen LogP contribution in [0.15, 0.2) is 30.3 Å². The number of esters is 1. The number of amides is 1. The van der Waals surface area contributed by atoms with E-state index in [4.69, 9.17) is 14.6 Å². The number of nitrogens with one attached hydrogen (secondary N) is 2. The van der Waals surface area contributed by atoms with Crippen LogP contribution in [0.1, 0.15) is 40.2 Å². The molecule has 31 heavy (non-hydrogen) atoms. The van der Waals surface area contributed by atoms with Crippen LogP contribution in [0, 0.1) is 0 Å². The van der Waals surface area contributed by atoms with Crippen LogP contribution in [0.25, 0.3) is 0 Å². The fourth-order valence-corrected chi connectivity index (χ4v) is 3.74. The molecule has 0 heterocycles.